The molecule has 1 unspecified atom stereocenters. The lowest BCUT2D eigenvalue weighted by Crippen LogP contribution is -2.33. The van der Waals surface area contributed by atoms with Crippen molar-refractivity contribution >= 4 is 5.91 Å². The molecule has 0 bridgehead atoms. The molecule has 1 aromatic rings. The number of carbonyl (C=O) groups is 1. The van der Waals surface area contributed by atoms with Crippen molar-refractivity contribution in [3.8, 4) is 0 Å². The summed E-state index contributed by atoms with van der Waals surface area (Å²) in [5.74, 6) is -0.756. The van der Waals surface area contributed by atoms with Gasteiger partial charge in [-0.25, -0.2) is 4.39 Å². The van der Waals surface area contributed by atoms with E-state index in [1.165, 1.54) is 18.6 Å². The quantitative estimate of drug-likeness (QED) is 0.847. The molecule has 0 aromatic heterocycles. The van der Waals surface area contributed by atoms with Crippen LogP contribution in [-0.4, -0.2) is 30.3 Å². The molecule has 2 rings (SSSR count). The first-order chi connectivity index (χ1) is 10.2. The van der Waals surface area contributed by atoms with Gasteiger partial charge in [-0.2, -0.15) is 0 Å². The molecule has 0 aliphatic heterocycles. The van der Waals surface area contributed by atoms with Gasteiger partial charge in [0.25, 0.3) is 0 Å². The number of aliphatic hydroxyl groups excluding tert-OH is 1. The van der Waals surface area contributed by atoms with Crippen molar-refractivity contribution in [2.24, 2.45) is 0 Å². The van der Waals surface area contributed by atoms with Crippen LogP contribution in [0.1, 0.15) is 43.8 Å². The van der Waals surface area contributed by atoms with Crippen molar-refractivity contribution in [1.29, 1.82) is 0 Å². The van der Waals surface area contributed by atoms with Crippen LogP contribution in [0.25, 0.3) is 0 Å². The molecular formula is C16H22FNO3. The summed E-state index contributed by atoms with van der Waals surface area (Å²) in [6.45, 7) is -0.0253. The van der Waals surface area contributed by atoms with Crippen LogP contribution in [0.3, 0.4) is 0 Å². The molecule has 1 saturated carbocycles. The Hall–Kier alpha value is -1.46. The molecule has 0 heterocycles. The normalized spacial score (nSPS) is 17.4. The van der Waals surface area contributed by atoms with Gasteiger partial charge in [-0.15, -0.1) is 0 Å². The topological polar surface area (TPSA) is 58.6 Å². The van der Waals surface area contributed by atoms with E-state index in [1.54, 1.807) is 12.1 Å². The summed E-state index contributed by atoms with van der Waals surface area (Å²) in [5.41, 5.74) is 0.186. The van der Waals surface area contributed by atoms with Crippen LogP contribution in [0, 0.1) is 5.82 Å². The maximum absolute atomic E-state index is 13.5. The van der Waals surface area contributed by atoms with Crippen molar-refractivity contribution in [2.75, 3.05) is 13.2 Å². The van der Waals surface area contributed by atoms with Gasteiger partial charge in [0.2, 0.25) is 5.91 Å². The summed E-state index contributed by atoms with van der Waals surface area (Å²) < 4.78 is 19.0. The van der Waals surface area contributed by atoms with E-state index in [-0.39, 0.29) is 30.7 Å². The number of benzene rings is 1. The minimum absolute atomic E-state index is 0.00530. The van der Waals surface area contributed by atoms with Crippen molar-refractivity contribution in [3.05, 3.63) is 35.6 Å². The Kier molecular flexibility index (Phi) is 6.14. The third-order valence-electron chi connectivity index (χ3n) is 3.76. The molecular weight excluding hydrogens is 273 g/mol. The number of carbonyl (C=O) groups excluding carboxylic acids is 1. The van der Waals surface area contributed by atoms with E-state index < -0.39 is 11.9 Å². The van der Waals surface area contributed by atoms with Gasteiger partial charge >= 0.3 is 0 Å². The maximum atomic E-state index is 13.5. The lowest BCUT2D eigenvalue weighted by molar-refractivity contribution is -0.128. The van der Waals surface area contributed by atoms with E-state index in [4.69, 9.17) is 4.74 Å². The van der Waals surface area contributed by atoms with E-state index in [9.17, 15) is 14.3 Å². The SMILES string of the molecule is O=C(COC1CCCCC1)NCC(O)c1ccccc1F. The molecule has 4 nitrogen and oxygen atoms in total. The van der Waals surface area contributed by atoms with E-state index in [1.807, 2.05) is 0 Å². The number of rotatable bonds is 6. The second kappa shape index (κ2) is 8.10. The van der Waals surface area contributed by atoms with Gasteiger partial charge in [0, 0.05) is 12.1 Å². The van der Waals surface area contributed by atoms with Gasteiger partial charge < -0.3 is 15.2 Å². The highest BCUT2D eigenvalue weighted by atomic mass is 19.1. The first-order valence-corrected chi connectivity index (χ1v) is 7.47. The number of aliphatic hydroxyl groups is 1. The fourth-order valence-electron chi connectivity index (χ4n) is 2.54. The van der Waals surface area contributed by atoms with Crippen LogP contribution < -0.4 is 5.32 Å². The molecule has 1 aliphatic rings. The smallest absolute Gasteiger partial charge is 0.246 e. The number of ether oxygens (including phenoxy) is 1. The third-order valence-corrected chi connectivity index (χ3v) is 3.76. The Morgan fingerprint density at radius 2 is 2.05 bits per heavy atom. The second-order valence-electron chi connectivity index (χ2n) is 5.41. The van der Waals surface area contributed by atoms with Gasteiger partial charge in [-0.1, -0.05) is 37.5 Å². The summed E-state index contributed by atoms with van der Waals surface area (Å²) in [5, 5.41) is 12.4. The lowest BCUT2D eigenvalue weighted by atomic mass is 9.98. The highest BCUT2D eigenvalue weighted by molar-refractivity contribution is 5.77. The fraction of sp³-hybridized carbons (Fsp3) is 0.562. The number of halogens is 1. The fourth-order valence-corrected chi connectivity index (χ4v) is 2.54. The van der Waals surface area contributed by atoms with Crippen LogP contribution in [0.4, 0.5) is 4.39 Å². The van der Waals surface area contributed by atoms with Crippen molar-refractivity contribution in [1.82, 2.24) is 5.32 Å². The highest BCUT2D eigenvalue weighted by Crippen LogP contribution is 2.20. The van der Waals surface area contributed by atoms with Crippen LogP contribution in [0.5, 0.6) is 0 Å². The molecule has 0 spiro atoms. The zero-order valence-corrected chi connectivity index (χ0v) is 12.1. The Morgan fingerprint density at radius 1 is 1.33 bits per heavy atom. The molecule has 1 amide bonds. The van der Waals surface area contributed by atoms with Gasteiger partial charge in [0.15, 0.2) is 0 Å². The van der Waals surface area contributed by atoms with Crippen molar-refractivity contribution in [3.63, 3.8) is 0 Å². The van der Waals surface area contributed by atoms with Crippen LogP contribution in [-0.2, 0) is 9.53 Å². The van der Waals surface area contributed by atoms with Gasteiger partial charge in [0.05, 0.1) is 12.2 Å². The zero-order valence-electron chi connectivity index (χ0n) is 12.1. The second-order valence-corrected chi connectivity index (χ2v) is 5.41. The van der Waals surface area contributed by atoms with Gasteiger partial charge in [-0.05, 0) is 18.9 Å². The molecule has 116 valence electrons. The summed E-state index contributed by atoms with van der Waals surface area (Å²) >= 11 is 0. The maximum Gasteiger partial charge on any atom is 0.246 e. The van der Waals surface area contributed by atoms with E-state index in [0.717, 1.165) is 25.7 Å². The number of hydrogen-bond donors (Lipinski definition) is 2. The first kappa shape index (κ1) is 15.9. The number of amides is 1. The van der Waals surface area contributed by atoms with Crippen LogP contribution in [0.15, 0.2) is 24.3 Å². The van der Waals surface area contributed by atoms with Crippen molar-refractivity contribution in [2.45, 2.75) is 44.3 Å². The van der Waals surface area contributed by atoms with Crippen molar-refractivity contribution < 1.29 is 19.0 Å². The average Bonchev–Trinajstić information content (AvgIpc) is 2.52. The highest BCUT2D eigenvalue weighted by Gasteiger charge is 2.16. The third kappa shape index (κ3) is 5.10. The number of hydrogen-bond acceptors (Lipinski definition) is 3. The average molecular weight is 295 g/mol. The minimum Gasteiger partial charge on any atom is -0.386 e. The molecule has 0 radical (unpaired) electrons. The van der Waals surface area contributed by atoms with E-state index >= 15 is 0 Å². The molecule has 1 aromatic carbocycles. The molecule has 1 aliphatic carbocycles. The van der Waals surface area contributed by atoms with Gasteiger partial charge in [-0.3, -0.25) is 4.79 Å². The Morgan fingerprint density at radius 3 is 2.76 bits per heavy atom. The Labute approximate surface area is 124 Å². The number of nitrogens with one attached hydrogen (secondary N) is 1. The van der Waals surface area contributed by atoms with Crippen LogP contribution in [0.2, 0.25) is 0 Å². The molecule has 2 N–H and O–H groups in total. The lowest BCUT2D eigenvalue weighted by Gasteiger charge is -2.21. The summed E-state index contributed by atoms with van der Waals surface area (Å²) in [7, 11) is 0. The predicted octanol–water partition coefficient (Wildman–Crippen LogP) is 2.32. The first-order valence-electron chi connectivity index (χ1n) is 7.47. The monoisotopic (exact) mass is 295 g/mol. The van der Waals surface area contributed by atoms with Gasteiger partial charge in [0.1, 0.15) is 12.4 Å². The standard InChI is InChI=1S/C16H22FNO3/c17-14-9-5-4-8-13(14)15(19)10-18-16(20)11-21-12-6-2-1-3-7-12/h4-5,8-9,12,15,19H,1-3,6-7,10-11H2,(H,18,20). The molecule has 0 saturated heterocycles. The Bertz CT molecular complexity index is 461. The predicted molar refractivity (Wildman–Crippen MR) is 77.2 cm³/mol. The summed E-state index contributed by atoms with van der Waals surface area (Å²) in [6, 6.07) is 6.00. The van der Waals surface area contributed by atoms with E-state index in [2.05, 4.69) is 5.32 Å². The zero-order chi connectivity index (χ0) is 15.1. The summed E-state index contributed by atoms with van der Waals surface area (Å²) in [4.78, 5) is 11.7. The Balaban J connectivity index is 1.69. The van der Waals surface area contributed by atoms with E-state index in [0.29, 0.717) is 0 Å². The molecule has 5 heteroatoms. The molecule has 21 heavy (non-hydrogen) atoms. The molecule has 1 fully saturated rings. The minimum atomic E-state index is -1.05. The molecule has 1 atom stereocenters. The summed E-state index contributed by atoms with van der Waals surface area (Å²) in [6.07, 6.45) is 4.67. The largest absolute Gasteiger partial charge is 0.386 e. The van der Waals surface area contributed by atoms with Crippen LogP contribution >= 0.6 is 0 Å².